The average Bonchev–Trinajstić information content (AvgIpc) is 3.09. The molecule has 3 aromatic rings. The van der Waals surface area contributed by atoms with E-state index >= 15 is 0 Å². The van der Waals surface area contributed by atoms with Crippen LogP contribution in [0.15, 0.2) is 59.1 Å². The van der Waals surface area contributed by atoms with Gasteiger partial charge in [0, 0.05) is 29.4 Å². The Labute approximate surface area is 150 Å². The maximum Gasteiger partial charge on any atom is 0.314 e. The first kappa shape index (κ1) is 17.0. The number of hydrogen-bond donors (Lipinski definition) is 2. The van der Waals surface area contributed by atoms with E-state index in [1.54, 1.807) is 61.7 Å². The molecule has 2 N–H and O–H groups in total. The van der Waals surface area contributed by atoms with Gasteiger partial charge in [0.25, 0.3) is 0 Å². The van der Waals surface area contributed by atoms with Gasteiger partial charge >= 0.3 is 11.8 Å². The molecular formula is C20H15N3O3. The van der Waals surface area contributed by atoms with E-state index in [-0.39, 0.29) is 0 Å². The van der Waals surface area contributed by atoms with Crippen LogP contribution in [0, 0.1) is 19.3 Å². The summed E-state index contributed by atoms with van der Waals surface area (Å²) < 4.78 is 5.44. The Kier molecular flexibility index (Phi) is 4.81. The Morgan fingerprint density at radius 1 is 1.04 bits per heavy atom. The molecule has 0 saturated heterocycles. The first-order valence-electron chi connectivity index (χ1n) is 7.77. The van der Waals surface area contributed by atoms with E-state index in [2.05, 4.69) is 21.5 Å². The summed E-state index contributed by atoms with van der Waals surface area (Å²) in [5.74, 6) is 2.11. The molecule has 0 fully saturated rings. The number of carbonyl (C=O) groups excluding carboxylic acids is 2. The van der Waals surface area contributed by atoms with Gasteiger partial charge in [-0.05, 0) is 42.5 Å². The second-order valence-corrected chi connectivity index (χ2v) is 5.45. The normalized spacial score (nSPS) is 10.0. The molecule has 0 radical (unpaired) electrons. The molecule has 3 rings (SSSR count). The predicted molar refractivity (Wildman–Crippen MR) is 98.3 cm³/mol. The zero-order valence-electron chi connectivity index (χ0n) is 13.9. The Hall–Kier alpha value is -3.85. The van der Waals surface area contributed by atoms with Crippen molar-refractivity contribution in [3.8, 4) is 23.7 Å². The van der Waals surface area contributed by atoms with Gasteiger partial charge in [0.2, 0.25) is 0 Å². The van der Waals surface area contributed by atoms with Crippen molar-refractivity contribution in [2.45, 2.75) is 6.92 Å². The second kappa shape index (κ2) is 7.36. The molecule has 6 heteroatoms. The molecule has 0 aliphatic carbocycles. The molecule has 2 aromatic carbocycles. The third-order valence-corrected chi connectivity index (χ3v) is 3.54. The van der Waals surface area contributed by atoms with E-state index in [1.165, 1.54) is 0 Å². The number of nitrogens with one attached hydrogen (secondary N) is 2. The summed E-state index contributed by atoms with van der Waals surface area (Å²) in [7, 11) is 0. The fourth-order valence-electron chi connectivity index (χ4n) is 2.28. The Morgan fingerprint density at radius 2 is 1.73 bits per heavy atom. The number of nitrogens with zero attached hydrogens (tertiary/aromatic N) is 1. The summed E-state index contributed by atoms with van der Waals surface area (Å²) in [6, 6.07) is 13.6. The standard InChI is InChI=1S/C20H15N3O3/c1-3-14-5-4-6-17(11-14)23-20(25)19(24)22-16-9-7-15(8-10-16)18-12-21-13(2)26-18/h1,4-12H,2H3,(H,22,24)(H,23,25). The van der Waals surface area contributed by atoms with Crippen LogP contribution >= 0.6 is 0 Å². The van der Waals surface area contributed by atoms with Gasteiger partial charge < -0.3 is 15.1 Å². The molecule has 0 atom stereocenters. The summed E-state index contributed by atoms with van der Waals surface area (Å²) in [5.41, 5.74) is 2.37. The fraction of sp³-hybridized carbons (Fsp3) is 0.0500. The van der Waals surface area contributed by atoms with Crippen LogP contribution in [0.1, 0.15) is 11.5 Å². The van der Waals surface area contributed by atoms with Gasteiger partial charge in [-0.15, -0.1) is 6.42 Å². The Bertz CT molecular complexity index is 998. The number of rotatable bonds is 3. The largest absolute Gasteiger partial charge is 0.441 e. The van der Waals surface area contributed by atoms with E-state index in [0.717, 1.165) is 5.56 Å². The van der Waals surface area contributed by atoms with Gasteiger partial charge in [-0.3, -0.25) is 9.59 Å². The summed E-state index contributed by atoms with van der Waals surface area (Å²) in [5, 5.41) is 5.04. The second-order valence-electron chi connectivity index (χ2n) is 5.45. The molecule has 26 heavy (non-hydrogen) atoms. The summed E-state index contributed by atoms with van der Waals surface area (Å²) in [6.07, 6.45) is 6.94. The van der Waals surface area contributed by atoms with Crippen LogP contribution in [0.25, 0.3) is 11.3 Å². The molecule has 0 unspecified atom stereocenters. The number of terminal acetylenes is 1. The van der Waals surface area contributed by atoms with Crippen LogP contribution in [0.3, 0.4) is 0 Å². The number of carbonyl (C=O) groups is 2. The lowest BCUT2D eigenvalue weighted by Crippen LogP contribution is -2.29. The Morgan fingerprint density at radius 3 is 2.35 bits per heavy atom. The van der Waals surface area contributed by atoms with Gasteiger partial charge in [0.05, 0.1) is 6.20 Å². The molecule has 1 aromatic heterocycles. The van der Waals surface area contributed by atoms with Crippen molar-refractivity contribution in [3.05, 3.63) is 66.2 Å². The zero-order chi connectivity index (χ0) is 18.5. The molecule has 0 saturated carbocycles. The first-order chi connectivity index (χ1) is 12.5. The maximum atomic E-state index is 12.0. The van der Waals surface area contributed by atoms with E-state index in [4.69, 9.17) is 10.8 Å². The molecule has 128 valence electrons. The molecule has 0 bridgehead atoms. The third-order valence-electron chi connectivity index (χ3n) is 3.54. The van der Waals surface area contributed by atoms with Gasteiger partial charge in [-0.2, -0.15) is 0 Å². The van der Waals surface area contributed by atoms with Crippen molar-refractivity contribution in [1.82, 2.24) is 4.98 Å². The lowest BCUT2D eigenvalue weighted by atomic mass is 10.1. The van der Waals surface area contributed by atoms with Crippen LogP contribution in [0.2, 0.25) is 0 Å². The number of hydrogen-bond acceptors (Lipinski definition) is 4. The van der Waals surface area contributed by atoms with Gasteiger partial charge in [0.15, 0.2) is 11.7 Å². The molecule has 6 nitrogen and oxygen atoms in total. The average molecular weight is 345 g/mol. The van der Waals surface area contributed by atoms with Crippen molar-refractivity contribution < 1.29 is 14.0 Å². The van der Waals surface area contributed by atoms with Crippen molar-refractivity contribution in [2.24, 2.45) is 0 Å². The van der Waals surface area contributed by atoms with Gasteiger partial charge in [-0.25, -0.2) is 4.98 Å². The van der Waals surface area contributed by atoms with Crippen LogP contribution < -0.4 is 10.6 Å². The highest BCUT2D eigenvalue weighted by Gasteiger charge is 2.14. The van der Waals surface area contributed by atoms with Crippen molar-refractivity contribution >= 4 is 23.2 Å². The molecular weight excluding hydrogens is 330 g/mol. The first-order valence-corrected chi connectivity index (χ1v) is 7.77. The maximum absolute atomic E-state index is 12.0. The summed E-state index contributed by atoms with van der Waals surface area (Å²) in [6.45, 7) is 1.76. The van der Waals surface area contributed by atoms with E-state index in [9.17, 15) is 9.59 Å². The highest BCUT2D eigenvalue weighted by atomic mass is 16.4. The van der Waals surface area contributed by atoms with Crippen molar-refractivity contribution in [1.29, 1.82) is 0 Å². The minimum absolute atomic E-state index is 0.455. The van der Waals surface area contributed by atoms with E-state index in [0.29, 0.717) is 28.6 Å². The monoisotopic (exact) mass is 345 g/mol. The van der Waals surface area contributed by atoms with Gasteiger partial charge in [-0.1, -0.05) is 12.0 Å². The Balaban J connectivity index is 1.63. The third kappa shape index (κ3) is 3.97. The van der Waals surface area contributed by atoms with Crippen molar-refractivity contribution in [2.75, 3.05) is 10.6 Å². The molecule has 1 heterocycles. The van der Waals surface area contributed by atoms with Crippen LogP contribution in [-0.4, -0.2) is 16.8 Å². The highest BCUT2D eigenvalue weighted by molar-refractivity contribution is 6.43. The minimum Gasteiger partial charge on any atom is -0.441 e. The lowest BCUT2D eigenvalue weighted by molar-refractivity contribution is -0.132. The highest BCUT2D eigenvalue weighted by Crippen LogP contribution is 2.22. The van der Waals surface area contributed by atoms with Gasteiger partial charge in [0.1, 0.15) is 0 Å². The molecule has 2 amide bonds. The van der Waals surface area contributed by atoms with Crippen LogP contribution in [0.5, 0.6) is 0 Å². The predicted octanol–water partition coefficient (Wildman–Crippen LogP) is 3.21. The zero-order valence-corrected chi connectivity index (χ0v) is 13.9. The SMILES string of the molecule is C#Cc1cccc(NC(=O)C(=O)Nc2ccc(-c3cnc(C)o3)cc2)c1. The quantitative estimate of drug-likeness (QED) is 0.564. The number of aromatic nitrogens is 1. The number of amides is 2. The lowest BCUT2D eigenvalue weighted by Gasteiger charge is -2.07. The topological polar surface area (TPSA) is 84.2 Å². The summed E-state index contributed by atoms with van der Waals surface area (Å²) >= 11 is 0. The molecule has 0 aliphatic rings. The van der Waals surface area contributed by atoms with E-state index in [1.807, 2.05) is 0 Å². The number of aryl methyl sites for hydroxylation is 1. The van der Waals surface area contributed by atoms with Crippen LogP contribution in [-0.2, 0) is 9.59 Å². The fourth-order valence-corrected chi connectivity index (χ4v) is 2.28. The minimum atomic E-state index is -0.783. The molecule has 0 aliphatic heterocycles. The number of anilines is 2. The molecule has 0 spiro atoms. The van der Waals surface area contributed by atoms with Crippen molar-refractivity contribution in [3.63, 3.8) is 0 Å². The summed E-state index contributed by atoms with van der Waals surface area (Å²) in [4.78, 5) is 28.1. The van der Waals surface area contributed by atoms with Crippen LogP contribution in [0.4, 0.5) is 11.4 Å². The van der Waals surface area contributed by atoms with E-state index < -0.39 is 11.8 Å². The smallest absolute Gasteiger partial charge is 0.314 e. The number of benzene rings is 2. The number of oxazole rings is 1.